The molecule has 35 heavy (non-hydrogen) atoms. The molecule has 0 saturated heterocycles. The summed E-state index contributed by atoms with van der Waals surface area (Å²) in [6.45, 7) is 9.67. The maximum atomic E-state index is 13.5. The first-order chi connectivity index (χ1) is 16.6. The number of rotatable bonds is 8. The van der Waals surface area contributed by atoms with E-state index in [1.54, 1.807) is 24.7 Å². The Bertz CT molecular complexity index is 1260. The van der Waals surface area contributed by atoms with E-state index >= 15 is 0 Å². The van der Waals surface area contributed by atoms with Gasteiger partial charge < -0.3 is 14.6 Å². The molecule has 7 heteroatoms. The summed E-state index contributed by atoms with van der Waals surface area (Å²) in [4.78, 5) is 42.8. The third-order valence-electron chi connectivity index (χ3n) is 6.15. The van der Waals surface area contributed by atoms with Gasteiger partial charge in [-0.3, -0.25) is 19.4 Å². The Morgan fingerprint density at radius 1 is 1.06 bits per heavy atom. The van der Waals surface area contributed by atoms with Crippen molar-refractivity contribution in [1.82, 2.24) is 14.9 Å². The molecule has 0 fully saturated rings. The van der Waals surface area contributed by atoms with E-state index in [4.69, 9.17) is 4.74 Å². The number of amides is 1. The highest BCUT2D eigenvalue weighted by molar-refractivity contribution is 5.82. The fourth-order valence-corrected chi connectivity index (χ4v) is 4.38. The number of methoxy groups -OCH3 is 1. The molecule has 0 aliphatic rings. The lowest BCUT2D eigenvalue weighted by Gasteiger charge is -2.26. The topological polar surface area (TPSA) is 90.3 Å². The number of nitrogens with zero attached hydrogens (tertiary/aromatic N) is 2. The van der Waals surface area contributed by atoms with Crippen molar-refractivity contribution in [2.75, 3.05) is 7.11 Å². The Kier molecular flexibility index (Phi) is 8.22. The quantitative estimate of drug-likeness (QED) is 0.486. The molecule has 0 aliphatic carbocycles. The zero-order valence-electron chi connectivity index (χ0n) is 21.2. The summed E-state index contributed by atoms with van der Waals surface area (Å²) in [5.41, 5.74) is 5.44. The normalized spacial score (nSPS) is 12.8. The molecule has 0 aliphatic heterocycles. The molecule has 0 bridgehead atoms. The van der Waals surface area contributed by atoms with Crippen molar-refractivity contribution >= 4 is 11.9 Å². The molecule has 0 radical (unpaired) electrons. The first kappa shape index (κ1) is 25.9. The number of ether oxygens (including phenoxy) is 1. The van der Waals surface area contributed by atoms with Crippen LogP contribution in [0.3, 0.4) is 0 Å². The second kappa shape index (κ2) is 11.1. The molecular formula is C28H33N3O4. The fourth-order valence-electron chi connectivity index (χ4n) is 4.38. The number of esters is 1. The van der Waals surface area contributed by atoms with Crippen molar-refractivity contribution in [2.45, 2.75) is 53.1 Å². The number of aromatic nitrogens is 2. The van der Waals surface area contributed by atoms with Crippen molar-refractivity contribution < 1.29 is 14.3 Å². The lowest BCUT2D eigenvalue weighted by molar-refractivity contribution is -0.141. The molecule has 1 N–H and O–H groups in total. The molecule has 2 aromatic heterocycles. The Morgan fingerprint density at radius 3 is 2.34 bits per heavy atom. The zero-order valence-corrected chi connectivity index (χ0v) is 21.2. The van der Waals surface area contributed by atoms with E-state index in [-0.39, 0.29) is 23.8 Å². The fraction of sp³-hybridized carbons (Fsp3) is 0.357. The maximum absolute atomic E-state index is 13.5. The van der Waals surface area contributed by atoms with Gasteiger partial charge in [0.25, 0.3) is 5.56 Å². The van der Waals surface area contributed by atoms with Crippen LogP contribution in [0.4, 0.5) is 0 Å². The number of hydrogen-bond acceptors (Lipinski definition) is 5. The standard InChI is InChI=1S/C28H33N3O4/c1-17(2)27(31-11-10-18(3)12-24(31)32)28(34)30-23(14-25(33)35-6)21-13-22(16-29-15-21)26-19(4)8-7-9-20(26)5/h7-13,15-17,23,27H,14H2,1-6H3,(H,30,34)/t23-,27?/m0/s1. The SMILES string of the molecule is COC(=O)C[C@H](NC(=O)C(C(C)C)n1ccc(C)cc1=O)c1cncc(-c2c(C)cccc2C)c1. The Balaban J connectivity index is 2.00. The molecular weight excluding hydrogens is 442 g/mol. The Morgan fingerprint density at radius 2 is 1.74 bits per heavy atom. The van der Waals surface area contributed by atoms with Crippen molar-refractivity contribution in [2.24, 2.45) is 5.92 Å². The van der Waals surface area contributed by atoms with Gasteiger partial charge in [0.05, 0.1) is 19.6 Å². The van der Waals surface area contributed by atoms with E-state index in [0.29, 0.717) is 5.56 Å². The van der Waals surface area contributed by atoms with Gasteiger partial charge in [0.15, 0.2) is 0 Å². The minimum atomic E-state index is -0.738. The summed E-state index contributed by atoms with van der Waals surface area (Å²) in [6.07, 6.45) is 5.00. The molecule has 3 rings (SSSR count). The van der Waals surface area contributed by atoms with E-state index in [2.05, 4.69) is 10.3 Å². The lowest BCUT2D eigenvalue weighted by Crippen LogP contribution is -2.41. The van der Waals surface area contributed by atoms with Crippen molar-refractivity contribution in [3.05, 3.63) is 87.6 Å². The van der Waals surface area contributed by atoms with Crippen LogP contribution >= 0.6 is 0 Å². The summed E-state index contributed by atoms with van der Waals surface area (Å²) in [7, 11) is 1.31. The van der Waals surface area contributed by atoms with Crippen molar-refractivity contribution in [3.63, 3.8) is 0 Å². The molecule has 0 spiro atoms. The molecule has 1 aromatic carbocycles. The van der Waals surface area contributed by atoms with E-state index in [9.17, 15) is 14.4 Å². The average Bonchev–Trinajstić information content (AvgIpc) is 2.80. The van der Waals surface area contributed by atoms with Crippen LogP contribution in [0.15, 0.2) is 59.8 Å². The van der Waals surface area contributed by atoms with Gasteiger partial charge in [-0.15, -0.1) is 0 Å². The van der Waals surface area contributed by atoms with Gasteiger partial charge in [0.1, 0.15) is 6.04 Å². The molecule has 0 saturated carbocycles. The molecule has 7 nitrogen and oxygen atoms in total. The van der Waals surface area contributed by atoms with Gasteiger partial charge in [-0.2, -0.15) is 0 Å². The minimum Gasteiger partial charge on any atom is -0.469 e. The van der Waals surface area contributed by atoms with Crippen LogP contribution in [-0.4, -0.2) is 28.5 Å². The summed E-state index contributed by atoms with van der Waals surface area (Å²) in [5, 5.41) is 2.99. The van der Waals surface area contributed by atoms with Crippen LogP contribution in [0.1, 0.15) is 54.6 Å². The number of carbonyl (C=O) groups is 2. The van der Waals surface area contributed by atoms with Crippen LogP contribution in [0, 0.1) is 26.7 Å². The smallest absolute Gasteiger partial charge is 0.307 e. The van der Waals surface area contributed by atoms with Crippen LogP contribution in [0.25, 0.3) is 11.1 Å². The predicted octanol–water partition coefficient (Wildman–Crippen LogP) is 4.45. The van der Waals surface area contributed by atoms with E-state index in [0.717, 1.165) is 27.8 Å². The largest absolute Gasteiger partial charge is 0.469 e. The highest BCUT2D eigenvalue weighted by Crippen LogP contribution is 2.30. The van der Waals surface area contributed by atoms with Gasteiger partial charge >= 0.3 is 5.97 Å². The average molecular weight is 476 g/mol. The van der Waals surface area contributed by atoms with Gasteiger partial charge in [-0.1, -0.05) is 32.0 Å². The molecule has 2 heterocycles. The third-order valence-corrected chi connectivity index (χ3v) is 6.15. The number of pyridine rings is 2. The third kappa shape index (κ3) is 6.04. The molecule has 184 valence electrons. The van der Waals surface area contributed by atoms with Crippen LogP contribution in [0.5, 0.6) is 0 Å². The Hall–Kier alpha value is -3.74. The van der Waals surface area contributed by atoms with Crippen molar-refractivity contribution in [3.8, 4) is 11.1 Å². The monoisotopic (exact) mass is 475 g/mol. The number of nitrogens with one attached hydrogen (secondary N) is 1. The summed E-state index contributed by atoms with van der Waals surface area (Å²) >= 11 is 0. The molecule has 1 amide bonds. The Labute approximate surface area is 206 Å². The van der Waals surface area contributed by atoms with Crippen LogP contribution in [-0.2, 0) is 14.3 Å². The van der Waals surface area contributed by atoms with Gasteiger partial charge in [-0.05, 0) is 66.6 Å². The van der Waals surface area contributed by atoms with E-state index in [1.165, 1.54) is 17.7 Å². The number of carbonyl (C=O) groups excluding carboxylic acids is 2. The van der Waals surface area contributed by atoms with E-state index in [1.807, 2.05) is 58.9 Å². The number of hydrogen-bond donors (Lipinski definition) is 1. The second-order valence-corrected chi connectivity index (χ2v) is 9.25. The zero-order chi connectivity index (χ0) is 25.7. The molecule has 1 unspecified atom stereocenters. The predicted molar refractivity (Wildman–Crippen MR) is 136 cm³/mol. The van der Waals surface area contributed by atoms with Crippen molar-refractivity contribution in [1.29, 1.82) is 0 Å². The van der Waals surface area contributed by atoms with Gasteiger partial charge in [0, 0.05) is 30.2 Å². The first-order valence-electron chi connectivity index (χ1n) is 11.7. The minimum absolute atomic E-state index is 0.0618. The molecule has 2 atom stereocenters. The second-order valence-electron chi connectivity index (χ2n) is 9.25. The van der Waals surface area contributed by atoms with E-state index < -0.39 is 18.1 Å². The maximum Gasteiger partial charge on any atom is 0.307 e. The number of aryl methyl sites for hydroxylation is 3. The lowest BCUT2D eigenvalue weighted by atomic mass is 9.94. The highest BCUT2D eigenvalue weighted by atomic mass is 16.5. The summed E-state index contributed by atoms with van der Waals surface area (Å²) in [5.74, 6) is -0.966. The van der Waals surface area contributed by atoms with Crippen LogP contribution < -0.4 is 10.9 Å². The van der Waals surface area contributed by atoms with Crippen LogP contribution in [0.2, 0.25) is 0 Å². The highest BCUT2D eigenvalue weighted by Gasteiger charge is 2.29. The van der Waals surface area contributed by atoms with Gasteiger partial charge in [0.2, 0.25) is 5.91 Å². The number of benzene rings is 1. The first-order valence-corrected chi connectivity index (χ1v) is 11.7. The van der Waals surface area contributed by atoms with Gasteiger partial charge in [-0.25, -0.2) is 0 Å². The summed E-state index contributed by atoms with van der Waals surface area (Å²) in [6, 6.07) is 9.92. The molecule has 3 aromatic rings. The summed E-state index contributed by atoms with van der Waals surface area (Å²) < 4.78 is 6.33.